The lowest BCUT2D eigenvalue weighted by molar-refractivity contribution is -0.462. The number of hydrogen-bond acceptors (Lipinski definition) is 9. The first-order valence-electron chi connectivity index (χ1n) is 26.9. The number of carbonyl (C=O) groups is 3. The van der Waals surface area contributed by atoms with Gasteiger partial charge < -0.3 is 24.3 Å². The molecule has 0 saturated carbocycles. The molecule has 0 unspecified atom stereocenters. The van der Waals surface area contributed by atoms with Gasteiger partial charge in [0.1, 0.15) is 12.1 Å². The van der Waals surface area contributed by atoms with Crippen molar-refractivity contribution in [1.82, 2.24) is 5.32 Å². The molecule has 0 aromatic heterocycles. The number of hydrogen-bond donors (Lipinski definition) is 1. The van der Waals surface area contributed by atoms with Crippen molar-refractivity contribution < 1.29 is 108 Å². The molecular weight excluding hydrogens is 1110 g/mol. The summed E-state index contributed by atoms with van der Waals surface area (Å²) < 4.78 is 260. The molecule has 0 bridgehead atoms. The van der Waals surface area contributed by atoms with Crippen molar-refractivity contribution in [2.75, 3.05) is 13.2 Å². The van der Waals surface area contributed by atoms with E-state index in [4.69, 9.17) is 18.9 Å². The van der Waals surface area contributed by atoms with Crippen LogP contribution in [0.1, 0.15) is 207 Å². The summed E-state index contributed by atoms with van der Waals surface area (Å²) in [5.41, 5.74) is 0. The Labute approximate surface area is 451 Å². The van der Waals surface area contributed by atoms with Crippen LogP contribution < -0.4 is 5.32 Å². The van der Waals surface area contributed by atoms with Crippen LogP contribution in [0.5, 0.6) is 0 Å². The molecule has 1 N–H and O–H groups in total. The van der Waals surface area contributed by atoms with Crippen LogP contribution in [0, 0.1) is 0 Å². The normalized spacial score (nSPS) is 19.1. The van der Waals surface area contributed by atoms with Gasteiger partial charge in [0.2, 0.25) is 5.91 Å². The minimum atomic E-state index is -8.80. The van der Waals surface area contributed by atoms with E-state index in [9.17, 15) is 80.2 Å². The zero-order valence-electron chi connectivity index (χ0n) is 44.4. The Balaban J connectivity index is 3.37. The van der Waals surface area contributed by atoms with Crippen molar-refractivity contribution in [3.63, 3.8) is 0 Å². The van der Waals surface area contributed by atoms with Gasteiger partial charge >= 0.3 is 59.6 Å². The van der Waals surface area contributed by atoms with Crippen LogP contribution in [0.3, 0.4) is 0 Å². The molecule has 5 atom stereocenters. The number of rotatable bonds is 43. The number of carbonyl (C=O) groups excluding carboxylic acids is 3. The van der Waals surface area contributed by atoms with Crippen LogP contribution >= 0.6 is 12.2 Å². The number of alkyl halides is 17. The minimum absolute atomic E-state index is 0.219. The third-order valence-electron chi connectivity index (χ3n) is 13.3. The summed E-state index contributed by atoms with van der Waals surface area (Å²) in [4.78, 5) is 43.1. The van der Waals surface area contributed by atoms with Gasteiger partial charge in [0.05, 0.1) is 18.3 Å². The lowest BCUT2D eigenvalue weighted by Crippen LogP contribution is -2.74. The fraction of sp³-hybridized carbons (Fsp3) is 0.922. The summed E-state index contributed by atoms with van der Waals surface area (Å²) in [6, 6.07) is -2.00. The highest BCUT2D eigenvalue weighted by Crippen LogP contribution is 2.64. The molecule has 1 fully saturated rings. The van der Waals surface area contributed by atoms with Gasteiger partial charge in [-0.15, -0.1) is 0 Å². The van der Waals surface area contributed by atoms with E-state index in [0.717, 1.165) is 103 Å². The number of aliphatic imine (C=N–C) groups is 1. The first kappa shape index (κ1) is 73.0. The maximum atomic E-state index is 15.0. The Morgan fingerprint density at radius 2 is 0.833 bits per heavy atom. The third kappa shape index (κ3) is 21.4. The van der Waals surface area contributed by atoms with Gasteiger partial charge in [-0.25, -0.2) is 4.99 Å². The van der Waals surface area contributed by atoms with E-state index in [1.54, 1.807) is 0 Å². The molecule has 1 aliphatic heterocycles. The summed E-state index contributed by atoms with van der Waals surface area (Å²) in [6.45, 7) is 2.31. The SMILES string of the molecule is CCCCCCCCCCCCCCCC(=O)O[C@@H]1[C@@H](NC(C)=O)[C@H](OCCC(F)(F)C(F)(F)C(F)(F)C(F)(F)C(F)(F)C(F)(F)C(F)(F)C(F)(F)F)O[C@H](CN=C=S)[C@H]1OC(=O)CCCCCCCCCCCCCCC. The molecule has 0 aromatic rings. The number of esters is 2. The molecule has 1 saturated heterocycles. The van der Waals surface area contributed by atoms with Crippen molar-refractivity contribution in [3.8, 4) is 0 Å². The van der Waals surface area contributed by atoms with Crippen LogP contribution in [0.15, 0.2) is 4.99 Å². The van der Waals surface area contributed by atoms with Gasteiger partial charge in [-0.3, -0.25) is 14.4 Å². The fourth-order valence-corrected chi connectivity index (χ4v) is 8.72. The number of isothiocyanates is 1. The second-order valence-corrected chi connectivity index (χ2v) is 20.0. The van der Waals surface area contributed by atoms with Crippen LogP contribution in [0.2, 0.25) is 0 Å². The average molecular weight is 1190 g/mol. The Hall–Kier alpha value is -3.06. The molecule has 1 heterocycles. The summed E-state index contributed by atoms with van der Waals surface area (Å²) in [5, 5.41) is 4.13. The highest BCUT2D eigenvalue weighted by atomic mass is 32.1. The highest BCUT2D eigenvalue weighted by molar-refractivity contribution is 7.78. The predicted octanol–water partition coefficient (Wildman–Crippen LogP) is 16.5. The monoisotopic (exact) mass is 1180 g/mol. The van der Waals surface area contributed by atoms with Crippen molar-refractivity contribution in [1.29, 1.82) is 0 Å². The highest BCUT2D eigenvalue weighted by Gasteiger charge is 2.95. The summed E-state index contributed by atoms with van der Waals surface area (Å²) in [7, 11) is 0. The van der Waals surface area contributed by atoms with Crippen LogP contribution in [0.25, 0.3) is 0 Å². The largest absolute Gasteiger partial charge is 0.460 e. The van der Waals surface area contributed by atoms with Gasteiger partial charge in [0.25, 0.3) is 0 Å². The van der Waals surface area contributed by atoms with Crippen molar-refractivity contribution in [3.05, 3.63) is 0 Å². The molecule has 0 spiro atoms. The van der Waals surface area contributed by atoms with E-state index < -0.39 is 116 Å². The van der Waals surface area contributed by atoms with Gasteiger partial charge in [-0.05, 0) is 25.1 Å². The summed E-state index contributed by atoms with van der Waals surface area (Å²) >= 11 is 4.60. The second-order valence-electron chi connectivity index (χ2n) is 19.9. The molecule has 1 aliphatic rings. The van der Waals surface area contributed by atoms with E-state index in [2.05, 4.69) is 36.4 Å². The Bertz CT molecular complexity index is 1790. The quantitative estimate of drug-likeness (QED) is 0.0211. The predicted molar refractivity (Wildman–Crippen MR) is 258 cm³/mol. The molecule has 0 aromatic carbocycles. The maximum Gasteiger partial charge on any atom is 0.460 e. The van der Waals surface area contributed by atoms with Crippen molar-refractivity contribution in [2.45, 2.75) is 285 Å². The van der Waals surface area contributed by atoms with E-state index >= 15 is 8.78 Å². The zero-order valence-corrected chi connectivity index (χ0v) is 45.3. The van der Waals surface area contributed by atoms with Gasteiger partial charge in [-0.2, -0.15) is 74.6 Å². The summed E-state index contributed by atoms with van der Waals surface area (Å²) in [6.07, 6.45) is 5.93. The summed E-state index contributed by atoms with van der Waals surface area (Å²) in [5.74, 6) is -60.8. The van der Waals surface area contributed by atoms with E-state index in [0.29, 0.717) is 19.3 Å². The number of thiocarbonyl (C=S) groups is 1. The maximum absolute atomic E-state index is 15.0. The van der Waals surface area contributed by atoms with E-state index in [1.807, 2.05) is 5.16 Å². The number of nitrogens with zero attached hydrogens (tertiary/aromatic N) is 1. The molecule has 9 nitrogen and oxygen atoms in total. The number of unbranched alkanes of at least 4 members (excludes halogenated alkanes) is 24. The van der Waals surface area contributed by atoms with Crippen molar-refractivity contribution in [2.24, 2.45) is 4.99 Å². The molecule has 1 rings (SSSR count). The first-order valence-corrected chi connectivity index (χ1v) is 27.4. The third-order valence-corrected chi connectivity index (χ3v) is 13.5. The number of halogens is 17. The van der Waals surface area contributed by atoms with Crippen LogP contribution in [-0.4, -0.2) is 114 Å². The Kier molecular flexibility index (Phi) is 32.2. The molecule has 0 radical (unpaired) electrons. The molecule has 78 heavy (non-hydrogen) atoms. The average Bonchev–Trinajstić information content (AvgIpc) is 3.34. The smallest absolute Gasteiger partial charge is 0.456 e. The lowest BCUT2D eigenvalue weighted by atomic mass is 9.88. The van der Waals surface area contributed by atoms with E-state index in [1.165, 1.54) is 44.9 Å². The molecule has 458 valence electrons. The molecule has 27 heteroatoms. The number of ether oxygens (including phenoxy) is 4. The number of nitrogens with one attached hydrogen (secondary N) is 1. The van der Waals surface area contributed by atoms with Crippen molar-refractivity contribution >= 4 is 35.2 Å². The second kappa shape index (κ2) is 34.4. The topological polar surface area (TPSA) is 113 Å². The van der Waals surface area contributed by atoms with Crippen LogP contribution in [0.4, 0.5) is 74.6 Å². The standard InChI is InChI=1S/C51H77F17N2O7S/c1-4-6-8-10-12-14-16-18-20-22-24-26-28-30-38(72)76-41-37(34-69-35-78)75-43(40(70-36(3)71)42(41)77-39(73)31-29-27-25-23-21-19-17-15-13-11-9-7-5-2)74-33-32-44(52,53)45(54,55)46(56,57)47(58,59)48(60,61)49(62,63)50(64,65)51(66,67)68/h37,40-43H,4-34H2,1-3H3,(H,70,71)/t37-,40-,41-,42-,43-/m1/s1. The van der Waals surface area contributed by atoms with Crippen LogP contribution in [-0.2, 0) is 33.3 Å². The molecular formula is C51H77F17N2O7S. The lowest BCUT2D eigenvalue weighted by Gasteiger charge is -2.45. The first-order chi connectivity index (χ1) is 36.3. The van der Waals surface area contributed by atoms with Gasteiger partial charge in [-0.1, -0.05) is 168 Å². The van der Waals surface area contributed by atoms with Gasteiger partial charge in [0.15, 0.2) is 18.5 Å². The number of amides is 1. The zero-order chi connectivity index (χ0) is 59.5. The fourth-order valence-electron chi connectivity index (χ4n) is 8.64. The van der Waals surface area contributed by atoms with E-state index in [-0.39, 0.29) is 19.3 Å². The molecule has 1 amide bonds. The Morgan fingerprint density at radius 1 is 0.500 bits per heavy atom. The Morgan fingerprint density at radius 3 is 1.18 bits per heavy atom. The molecule has 0 aliphatic carbocycles. The minimum Gasteiger partial charge on any atom is -0.456 e. The van der Waals surface area contributed by atoms with Gasteiger partial charge in [0, 0.05) is 26.2 Å².